The topological polar surface area (TPSA) is 89.9 Å². The van der Waals surface area contributed by atoms with Crippen LogP contribution in [0.4, 0.5) is 0 Å². The van der Waals surface area contributed by atoms with E-state index in [0.29, 0.717) is 29.6 Å². The van der Waals surface area contributed by atoms with Crippen LogP contribution in [0, 0.1) is 0 Å². The number of likely N-dealkylation sites (N-methyl/N-ethyl adjacent to an activating group) is 1. The van der Waals surface area contributed by atoms with Crippen LogP contribution in [-0.4, -0.2) is 63.8 Å². The van der Waals surface area contributed by atoms with Gasteiger partial charge in [-0.2, -0.15) is 8.42 Å². The summed E-state index contributed by atoms with van der Waals surface area (Å²) in [5.74, 6) is -0.422. The van der Waals surface area contributed by atoms with Crippen LogP contribution in [0.25, 0.3) is 0 Å². The first-order valence-corrected chi connectivity index (χ1v) is 7.16. The number of carbonyl (C=O) groups excluding carboxylic acids is 1. The molecule has 0 radical (unpaired) electrons. The highest BCUT2D eigenvalue weighted by Gasteiger charge is 2.16. The molecule has 8 heteroatoms. The van der Waals surface area contributed by atoms with Crippen molar-refractivity contribution in [3.05, 3.63) is 12.2 Å². The summed E-state index contributed by atoms with van der Waals surface area (Å²) in [5.41, 5.74) is 0.354. The number of rotatable bonds is 9. The van der Waals surface area contributed by atoms with Gasteiger partial charge in [0.05, 0.1) is 27.2 Å². The molecule has 0 heterocycles. The lowest BCUT2D eigenvalue weighted by molar-refractivity contribution is -0.890. The molecule has 0 atom stereocenters. The van der Waals surface area contributed by atoms with Gasteiger partial charge in [0.15, 0.2) is 0 Å². The van der Waals surface area contributed by atoms with Crippen LogP contribution in [0.5, 0.6) is 0 Å². The molecule has 0 rings (SSSR count). The molecule has 0 aromatic heterocycles. The van der Waals surface area contributed by atoms with Crippen molar-refractivity contribution in [3.63, 3.8) is 0 Å². The van der Waals surface area contributed by atoms with E-state index in [2.05, 4.69) is 10.8 Å². The first-order chi connectivity index (χ1) is 8.53. The first-order valence-electron chi connectivity index (χ1n) is 5.80. The number of hydrogen-bond donors (Lipinski definition) is 1. The molecule has 19 heavy (non-hydrogen) atoms. The van der Waals surface area contributed by atoms with Crippen LogP contribution in [0.2, 0.25) is 0 Å². The monoisotopic (exact) mass is 296 g/mol. The third-order valence-corrected chi connectivity index (χ3v) is 2.88. The van der Waals surface area contributed by atoms with Gasteiger partial charge in [0.1, 0.15) is 13.2 Å². The van der Waals surface area contributed by atoms with Crippen LogP contribution in [0.15, 0.2) is 12.2 Å². The van der Waals surface area contributed by atoms with Crippen molar-refractivity contribution < 1.29 is 31.2 Å². The Morgan fingerprint density at radius 3 is 2.32 bits per heavy atom. The first kappa shape index (κ1) is 18.0. The van der Waals surface area contributed by atoms with Crippen molar-refractivity contribution in [1.29, 1.82) is 0 Å². The fraction of sp³-hybridized carbons (Fsp3) is 0.727. The number of carbonyl (C=O) groups is 1. The minimum absolute atomic E-state index is 0.0773. The van der Waals surface area contributed by atoms with E-state index in [1.165, 1.54) is 0 Å². The van der Waals surface area contributed by atoms with Crippen LogP contribution in [0.3, 0.4) is 0 Å². The molecule has 1 N–H and O–H groups in total. The molecule has 0 saturated heterocycles. The molecule has 0 fully saturated rings. The zero-order chi connectivity index (χ0) is 15.1. The Morgan fingerprint density at radius 1 is 1.26 bits per heavy atom. The maximum absolute atomic E-state index is 11.2. The maximum atomic E-state index is 11.2. The van der Waals surface area contributed by atoms with Gasteiger partial charge in [0.2, 0.25) is 0 Å². The molecular weight excluding hydrogens is 274 g/mol. The van der Waals surface area contributed by atoms with E-state index in [9.17, 15) is 13.2 Å². The van der Waals surface area contributed by atoms with Gasteiger partial charge >= 0.3 is 16.4 Å². The lowest BCUT2D eigenvalue weighted by Gasteiger charge is -2.29. The minimum atomic E-state index is -4.37. The fourth-order valence-corrected chi connectivity index (χ4v) is 1.61. The quantitative estimate of drug-likeness (QED) is 0.218. The van der Waals surface area contributed by atoms with Gasteiger partial charge in [-0.1, -0.05) is 6.58 Å². The second kappa shape index (κ2) is 7.59. The summed E-state index contributed by atoms with van der Waals surface area (Å²) < 4.78 is 38.8. The molecule has 0 unspecified atom stereocenters. The summed E-state index contributed by atoms with van der Waals surface area (Å²) in [6, 6.07) is 0. The average Bonchev–Trinajstić information content (AvgIpc) is 2.22. The Bertz CT molecular complexity index is 415. The highest BCUT2D eigenvalue weighted by molar-refractivity contribution is 7.80. The molecule has 0 saturated carbocycles. The van der Waals surface area contributed by atoms with E-state index < -0.39 is 16.4 Å². The predicted molar refractivity (Wildman–Crippen MR) is 69.7 cm³/mol. The molecule has 0 aliphatic carbocycles. The minimum Gasteiger partial charge on any atom is -0.456 e. The second-order valence-corrected chi connectivity index (χ2v) is 5.99. The van der Waals surface area contributed by atoms with Crippen molar-refractivity contribution in [1.82, 2.24) is 0 Å². The summed E-state index contributed by atoms with van der Waals surface area (Å²) in [6.07, 6.45) is 0.460. The van der Waals surface area contributed by atoms with Crippen molar-refractivity contribution in [3.8, 4) is 0 Å². The smallest absolute Gasteiger partial charge is 0.397 e. The summed E-state index contributed by atoms with van der Waals surface area (Å²) in [6.45, 7) is 6.45. The molecule has 7 nitrogen and oxygen atoms in total. The van der Waals surface area contributed by atoms with E-state index in [4.69, 9.17) is 9.29 Å². The average molecular weight is 296 g/mol. The number of hydrogen-bond acceptors (Lipinski definition) is 5. The molecule has 0 spiro atoms. The zero-order valence-electron chi connectivity index (χ0n) is 11.6. The van der Waals surface area contributed by atoms with E-state index >= 15 is 0 Å². The van der Waals surface area contributed by atoms with Crippen molar-refractivity contribution in [2.24, 2.45) is 0 Å². The summed E-state index contributed by atoms with van der Waals surface area (Å²) >= 11 is 0. The van der Waals surface area contributed by atoms with Gasteiger partial charge in [-0.05, 0) is 6.92 Å². The lowest BCUT2D eigenvalue weighted by atomic mass is 10.3. The SMILES string of the molecule is C=C(C)C(=O)OCC[N+](C)(C)CCCOS(=O)(=O)O. The van der Waals surface area contributed by atoms with Crippen molar-refractivity contribution in [2.75, 3.05) is 40.4 Å². The van der Waals surface area contributed by atoms with Gasteiger partial charge in [-0.25, -0.2) is 8.98 Å². The van der Waals surface area contributed by atoms with Gasteiger partial charge in [-0.3, -0.25) is 4.55 Å². The number of ether oxygens (including phenoxy) is 1. The van der Waals surface area contributed by atoms with Gasteiger partial charge < -0.3 is 9.22 Å². The highest BCUT2D eigenvalue weighted by atomic mass is 32.3. The number of esters is 1. The number of nitrogens with zero attached hydrogens (tertiary/aromatic N) is 1. The zero-order valence-corrected chi connectivity index (χ0v) is 12.4. The molecule has 0 bridgehead atoms. The Balaban J connectivity index is 3.86. The maximum Gasteiger partial charge on any atom is 0.397 e. The van der Waals surface area contributed by atoms with E-state index in [1.54, 1.807) is 6.92 Å². The van der Waals surface area contributed by atoms with Gasteiger partial charge in [0.25, 0.3) is 0 Å². The van der Waals surface area contributed by atoms with Crippen LogP contribution >= 0.6 is 0 Å². The third kappa shape index (κ3) is 10.6. The molecule has 0 aliphatic heterocycles. The Morgan fingerprint density at radius 2 is 1.84 bits per heavy atom. The highest BCUT2D eigenvalue weighted by Crippen LogP contribution is 2.02. The molecular formula is C11H22NO6S+. The molecule has 0 aromatic rings. The second-order valence-electron chi connectivity index (χ2n) is 4.90. The van der Waals surface area contributed by atoms with Gasteiger partial charge in [0, 0.05) is 12.0 Å². The Hall–Kier alpha value is -0.960. The van der Waals surface area contributed by atoms with E-state index in [0.717, 1.165) is 0 Å². The van der Waals surface area contributed by atoms with Gasteiger partial charge in [-0.15, -0.1) is 0 Å². The largest absolute Gasteiger partial charge is 0.456 e. The standard InChI is InChI=1S/C11H21NO6S/c1-10(2)11(13)17-9-7-12(3,4)6-5-8-18-19(14,15)16/h1,5-9H2,2-4H3/p+1. The molecule has 0 amide bonds. The summed E-state index contributed by atoms with van der Waals surface area (Å²) in [7, 11) is -0.528. The molecule has 112 valence electrons. The Labute approximate surface area is 114 Å². The normalized spacial score (nSPS) is 12.2. The van der Waals surface area contributed by atoms with Crippen LogP contribution in [0.1, 0.15) is 13.3 Å². The number of quaternary nitrogens is 1. The lowest BCUT2D eigenvalue weighted by Crippen LogP contribution is -2.43. The van der Waals surface area contributed by atoms with E-state index in [-0.39, 0.29) is 13.2 Å². The predicted octanol–water partition coefficient (Wildman–Crippen LogP) is 0.392. The molecule has 0 aromatic carbocycles. The van der Waals surface area contributed by atoms with Crippen molar-refractivity contribution in [2.45, 2.75) is 13.3 Å². The van der Waals surface area contributed by atoms with E-state index in [1.807, 2.05) is 14.1 Å². The summed E-state index contributed by atoms with van der Waals surface area (Å²) in [5, 5.41) is 0. The van der Waals surface area contributed by atoms with Crippen molar-refractivity contribution >= 4 is 16.4 Å². The molecule has 0 aliphatic rings. The fourth-order valence-electron chi connectivity index (χ4n) is 1.28. The third-order valence-electron chi connectivity index (χ3n) is 2.42. The summed E-state index contributed by atoms with van der Waals surface area (Å²) in [4.78, 5) is 11.2. The van der Waals surface area contributed by atoms with Crippen LogP contribution in [-0.2, 0) is 24.1 Å². The van der Waals surface area contributed by atoms with Crippen LogP contribution < -0.4 is 0 Å². The Kier molecular flexibility index (Phi) is 7.20.